The molecule has 0 fully saturated rings. The van der Waals surface area contributed by atoms with Crippen molar-refractivity contribution in [3.8, 4) is 11.4 Å². The second kappa shape index (κ2) is 9.75. The number of amides is 1. The summed E-state index contributed by atoms with van der Waals surface area (Å²) in [6, 6.07) is 16.9. The monoisotopic (exact) mass is 395 g/mol. The van der Waals surface area contributed by atoms with Crippen molar-refractivity contribution in [2.45, 2.75) is 18.5 Å². The molecule has 7 heteroatoms. The van der Waals surface area contributed by atoms with Crippen LogP contribution in [0, 0.1) is 0 Å². The van der Waals surface area contributed by atoms with E-state index < -0.39 is 0 Å². The van der Waals surface area contributed by atoms with Crippen molar-refractivity contribution in [2.75, 3.05) is 12.4 Å². The SMILES string of the molecule is CCOc1ccc(-n2ccnc(SCC(=O)NCc3ccccc3)c2=O)cc1. The van der Waals surface area contributed by atoms with Crippen LogP contribution in [0.2, 0.25) is 0 Å². The molecule has 3 aromatic rings. The molecule has 6 nitrogen and oxygen atoms in total. The summed E-state index contributed by atoms with van der Waals surface area (Å²) in [5.74, 6) is 0.729. The highest BCUT2D eigenvalue weighted by Gasteiger charge is 2.10. The summed E-state index contributed by atoms with van der Waals surface area (Å²) in [6.07, 6.45) is 3.17. The van der Waals surface area contributed by atoms with Gasteiger partial charge in [-0.05, 0) is 36.8 Å². The van der Waals surface area contributed by atoms with Crippen molar-refractivity contribution in [1.82, 2.24) is 14.9 Å². The molecule has 0 saturated carbocycles. The molecular weight excluding hydrogens is 374 g/mol. The zero-order chi connectivity index (χ0) is 19.8. The number of ether oxygens (including phenoxy) is 1. The fourth-order valence-corrected chi connectivity index (χ4v) is 3.27. The Labute approximate surface area is 167 Å². The lowest BCUT2D eigenvalue weighted by molar-refractivity contribution is -0.118. The van der Waals surface area contributed by atoms with Crippen molar-refractivity contribution in [3.63, 3.8) is 0 Å². The third-order valence-electron chi connectivity index (χ3n) is 3.91. The molecule has 0 atom stereocenters. The number of hydrogen-bond donors (Lipinski definition) is 1. The molecule has 1 heterocycles. The Morgan fingerprint density at radius 3 is 2.61 bits per heavy atom. The van der Waals surface area contributed by atoms with E-state index in [0.29, 0.717) is 18.8 Å². The summed E-state index contributed by atoms with van der Waals surface area (Å²) in [7, 11) is 0. The van der Waals surface area contributed by atoms with Gasteiger partial charge in [0, 0.05) is 24.6 Å². The maximum atomic E-state index is 12.7. The van der Waals surface area contributed by atoms with Crippen LogP contribution in [0.3, 0.4) is 0 Å². The number of rotatable bonds is 8. The minimum atomic E-state index is -0.257. The summed E-state index contributed by atoms with van der Waals surface area (Å²) < 4.78 is 6.93. The molecule has 2 aromatic carbocycles. The topological polar surface area (TPSA) is 73.2 Å². The highest BCUT2D eigenvalue weighted by Crippen LogP contribution is 2.16. The fourth-order valence-electron chi connectivity index (χ4n) is 2.55. The molecule has 0 aliphatic rings. The Balaban J connectivity index is 1.62. The molecule has 0 radical (unpaired) electrons. The normalized spacial score (nSPS) is 10.5. The maximum absolute atomic E-state index is 12.7. The van der Waals surface area contributed by atoms with Crippen molar-refractivity contribution in [2.24, 2.45) is 0 Å². The molecule has 1 aromatic heterocycles. The second-order valence-corrected chi connectivity index (χ2v) is 6.85. The molecule has 0 bridgehead atoms. The lowest BCUT2D eigenvalue weighted by Crippen LogP contribution is -2.26. The zero-order valence-corrected chi connectivity index (χ0v) is 16.3. The number of aromatic nitrogens is 2. The molecular formula is C21H21N3O3S. The van der Waals surface area contributed by atoms with Gasteiger partial charge in [0.1, 0.15) is 5.75 Å². The van der Waals surface area contributed by atoms with Crippen molar-refractivity contribution in [1.29, 1.82) is 0 Å². The van der Waals surface area contributed by atoms with Gasteiger partial charge in [-0.2, -0.15) is 0 Å². The summed E-state index contributed by atoms with van der Waals surface area (Å²) in [4.78, 5) is 28.9. The van der Waals surface area contributed by atoms with Gasteiger partial charge in [0.25, 0.3) is 5.56 Å². The van der Waals surface area contributed by atoms with Crippen LogP contribution in [0.25, 0.3) is 5.69 Å². The molecule has 0 saturated heterocycles. The Morgan fingerprint density at radius 2 is 1.89 bits per heavy atom. The van der Waals surface area contributed by atoms with Gasteiger partial charge in [0.15, 0.2) is 5.03 Å². The van der Waals surface area contributed by atoms with Crippen LogP contribution in [-0.2, 0) is 11.3 Å². The smallest absolute Gasteiger partial charge is 0.287 e. The van der Waals surface area contributed by atoms with E-state index >= 15 is 0 Å². The minimum Gasteiger partial charge on any atom is -0.494 e. The van der Waals surface area contributed by atoms with E-state index in [1.54, 1.807) is 12.4 Å². The quantitative estimate of drug-likeness (QED) is 0.594. The van der Waals surface area contributed by atoms with E-state index in [1.807, 2.05) is 61.5 Å². The lowest BCUT2D eigenvalue weighted by Gasteiger charge is -2.09. The molecule has 3 rings (SSSR count). The van der Waals surface area contributed by atoms with Gasteiger partial charge >= 0.3 is 0 Å². The molecule has 1 amide bonds. The van der Waals surface area contributed by atoms with Gasteiger partial charge in [-0.15, -0.1) is 0 Å². The Morgan fingerprint density at radius 1 is 1.14 bits per heavy atom. The van der Waals surface area contributed by atoms with Crippen LogP contribution in [0.5, 0.6) is 5.75 Å². The number of carbonyl (C=O) groups excluding carboxylic acids is 1. The van der Waals surface area contributed by atoms with E-state index in [4.69, 9.17) is 4.74 Å². The Hall–Kier alpha value is -3.06. The van der Waals surface area contributed by atoms with Gasteiger partial charge in [-0.1, -0.05) is 42.1 Å². The number of hydrogen-bond acceptors (Lipinski definition) is 5. The molecule has 144 valence electrons. The van der Waals surface area contributed by atoms with E-state index in [0.717, 1.165) is 23.1 Å². The van der Waals surface area contributed by atoms with Crippen LogP contribution in [0.4, 0.5) is 0 Å². The highest BCUT2D eigenvalue weighted by molar-refractivity contribution is 7.99. The lowest BCUT2D eigenvalue weighted by atomic mass is 10.2. The Kier molecular flexibility index (Phi) is 6.86. The van der Waals surface area contributed by atoms with E-state index in [1.165, 1.54) is 4.57 Å². The van der Waals surface area contributed by atoms with Gasteiger partial charge in [0.2, 0.25) is 5.91 Å². The molecule has 1 N–H and O–H groups in total. The molecule has 28 heavy (non-hydrogen) atoms. The molecule has 0 aliphatic heterocycles. The van der Waals surface area contributed by atoms with Gasteiger partial charge in [-0.3, -0.25) is 14.2 Å². The highest BCUT2D eigenvalue weighted by atomic mass is 32.2. The van der Waals surface area contributed by atoms with E-state index in [-0.39, 0.29) is 22.2 Å². The van der Waals surface area contributed by atoms with Crippen LogP contribution in [0.15, 0.2) is 76.8 Å². The van der Waals surface area contributed by atoms with Crippen molar-refractivity contribution >= 4 is 17.7 Å². The zero-order valence-electron chi connectivity index (χ0n) is 15.5. The summed E-state index contributed by atoms with van der Waals surface area (Å²) in [5, 5.41) is 3.13. The van der Waals surface area contributed by atoms with Gasteiger partial charge < -0.3 is 10.1 Å². The average Bonchev–Trinajstić information content (AvgIpc) is 2.73. The third-order valence-corrected chi connectivity index (χ3v) is 4.87. The Bertz CT molecular complexity index is 972. The summed E-state index contributed by atoms with van der Waals surface area (Å²) in [5.41, 5.74) is 1.48. The van der Waals surface area contributed by atoms with Gasteiger partial charge in [-0.25, -0.2) is 4.98 Å². The first-order valence-electron chi connectivity index (χ1n) is 8.91. The minimum absolute atomic E-state index is 0.127. The van der Waals surface area contributed by atoms with E-state index in [2.05, 4.69) is 10.3 Å². The third kappa shape index (κ3) is 5.23. The first kappa shape index (κ1) is 19.7. The number of carbonyl (C=O) groups is 1. The average molecular weight is 395 g/mol. The van der Waals surface area contributed by atoms with E-state index in [9.17, 15) is 9.59 Å². The molecule has 0 aliphatic carbocycles. The van der Waals surface area contributed by atoms with Crippen molar-refractivity contribution < 1.29 is 9.53 Å². The summed E-state index contributed by atoms with van der Waals surface area (Å²) >= 11 is 1.13. The van der Waals surface area contributed by atoms with Crippen LogP contribution in [-0.4, -0.2) is 27.8 Å². The first-order valence-corrected chi connectivity index (χ1v) is 9.90. The molecule has 0 spiro atoms. The van der Waals surface area contributed by atoms with Crippen molar-refractivity contribution in [3.05, 3.63) is 82.9 Å². The first-order chi connectivity index (χ1) is 13.7. The van der Waals surface area contributed by atoms with Gasteiger partial charge in [0.05, 0.1) is 12.4 Å². The molecule has 0 unspecified atom stereocenters. The number of nitrogens with zero attached hydrogens (tertiary/aromatic N) is 2. The summed E-state index contributed by atoms with van der Waals surface area (Å²) in [6.45, 7) is 2.96. The predicted molar refractivity (Wildman–Crippen MR) is 110 cm³/mol. The predicted octanol–water partition coefficient (Wildman–Crippen LogP) is 3.04. The standard InChI is InChI=1S/C21H21N3O3S/c1-2-27-18-10-8-17(9-11-18)24-13-12-22-20(21(24)26)28-15-19(25)23-14-16-6-4-3-5-7-16/h3-13H,2,14-15H2,1H3,(H,23,25). The number of nitrogens with one attached hydrogen (secondary N) is 1. The van der Waals surface area contributed by atoms with Crippen LogP contribution >= 0.6 is 11.8 Å². The second-order valence-electron chi connectivity index (χ2n) is 5.89. The number of thioether (sulfide) groups is 1. The number of benzene rings is 2. The fraction of sp³-hybridized carbons (Fsp3) is 0.190. The largest absolute Gasteiger partial charge is 0.494 e. The van der Waals surface area contributed by atoms with Crippen LogP contribution in [0.1, 0.15) is 12.5 Å². The maximum Gasteiger partial charge on any atom is 0.287 e. The van der Waals surface area contributed by atoms with Crippen LogP contribution < -0.4 is 15.6 Å².